The zero-order chi connectivity index (χ0) is 28.2. The minimum Gasteiger partial charge on any atom is -0.324 e. The maximum absolute atomic E-state index is 5.02. The Bertz CT molecular complexity index is 2040. The number of H-pyrrole nitrogens is 2. The molecule has 200 valence electrons. The van der Waals surface area contributed by atoms with E-state index in [4.69, 9.17) is 39.9 Å². The van der Waals surface area contributed by atoms with Crippen LogP contribution in [0.5, 0.6) is 0 Å². The number of hydrogen-bond acceptors (Lipinski definition) is 6. The van der Waals surface area contributed by atoms with E-state index in [0.29, 0.717) is 61.5 Å². The number of aromatic amines is 2. The Balaban J connectivity index is 0.00000131. The third kappa shape index (κ3) is 3.83. The van der Waals surface area contributed by atoms with Crippen LogP contribution < -0.4 is 0 Å². The smallest absolute Gasteiger partial charge is 0.164 e. The van der Waals surface area contributed by atoms with Crippen molar-refractivity contribution in [1.29, 1.82) is 0 Å². The molecule has 0 unspecified atom stereocenters. The first kappa shape index (κ1) is 24.8. The molecule has 0 saturated carbocycles. The molecule has 0 atom stereocenters. The normalized spacial score (nSPS) is 11.6. The first-order valence-electron chi connectivity index (χ1n) is 13.4. The van der Waals surface area contributed by atoms with Crippen LogP contribution in [0.1, 0.15) is 0 Å². The first-order chi connectivity index (χ1) is 20.8. The van der Waals surface area contributed by atoms with Gasteiger partial charge in [0.15, 0.2) is 23.3 Å². The molecule has 0 saturated heterocycles. The minimum absolute atomic E-state index is 0.535. The summed E-state index contributed by atoms with van der Waals surface area (Å²) in [5, 5.41) is 3.82. The molecule has 0 amide bonds. The molecule has 0 radical (unpaired) electrons. The average molecular weight is 626 g/mol. The molecule has 5 heterocycles. The monoisotopic (exact) mass is 626 g/mol. The summed E-state index contributed by atoms with van der Waals surface area (Å²) in [5.74, 6) is 2.39. The second-order valence-electron chi connectivity index (χ2n) is 9.79. The Labute approximate surface area is 251 Å². The van der Waals surface area contributed by atoms with Crippen LogP contribution in [0.3, 0.4) is 0 Å². The predicted octanol–water partition coefficient (Wildman–Crippen LogP) is 6.37. The largest absolute Gasteiger partial charge is 0.324 e. The SMILES string of the molecule is [Cl][GeH3].c1ccc2c(c1)-c1nc-2nc2[nH]c(nc3nc(nc4[nH]c(n1)c1ccccc41)-c1ccccc1-3)c1ccccc21. The van der Waals surface area contributed by atoms with Gasteiger partial charge in [-0.05, 0) is 0 Å². The fraction of sp³-hybridized carbons (Fsp3) is 0. The molecule has 2 aliphatic rings. The van der Waals surface area contributed by atoms with Crippen molar-refractivity contribution in [1.82, 2.24) is 39.9 Å². The summed E-state index contributed by atoms with van der Waals surface area (Å²) in [6, 6.07) is 32.2. The van der Waals surface area contributed by atoms with Gasteiger partial charge in [-0.3, -0.25) is 0 Å². The fourth-order valence-corrected chi connectivity index (χ4v) is 5.59. The summed E-state index contributed by atoms with van der Waals surface area (Å²) in [6.45, 7) is 0. The summed E-state index contributed by atoms with van der Waals surface area (Å²) in [5.41, 5.74) is 6.45. The molecule has 9 rings (SSSR count). The Kier molecular flexibility index (Phi) is 5.83. The molecule has 0 aliphatic carbocycles. The zero-order valence-electron chi connectivity index (χ0n) is 22.3. The molecule has 2 aliphatic heterocycles. The van der Waals surface area contributed by atoms with Gasteiger partial charge in [0.05, 0.1) is 0 Å². The molecular formula is C32H21ClGeN8. The van der Waals surface area contributed by atoms with Gasteiger partial charge in [0, 0.05) is 43.8 Å². The van der Waals surface area contributed by atoms with Crippen LogP contribution in [0.2, 0.25) is 0 Å². The summed E-state index contributed by atoms with van der Waals surface area (Å²) in [7, 11) is 4.83. The molecule has 0 fully saturated rings. The average Bonchev–Trinajstić information content (AvgIpc) is 3.78. The van der Waals surface area contributed by atoms with Crippen molar-refractivity contribution in [3.8, 4) is 45.6 Å². The number of hydrogen-bond donors (Lipinski definition) is 2. The number of rotatable bonds is 0. The topological polar surface area (TPSA) is 109 Å². The fourth-order valence-electron chi connectivity index (χ4n) is 5.59. The summed E-state index contributed by atoms with van der Waals surface area (Å²) >= 11 is 0.535. The Hall–Kier alpha value is -4.93. The number of nitrogens with zero attached hydrogens (tertiary/aromatic N) is 6. The number of aromatic nitrogens is 8. The van der Waals surface area contributed by atoms with Gasteiger partial charge in [0.1, 0.15) is 22.6 Å². The maximum atomic E-state index is 5.02. The van der Waals surface area contributed by atoms with Crippen molar-refractivity contribution < 1.29 is 0 Å². The maximum Gasteiger partial charge on any atom is 0.164 e. The van der Waals surface area contributed by atoms with Gasteiger partial charge in [0.25, 0.3) is 0 Å². The van der Waals surface area contributed by atoms with Crippen LogP contribution in [0.15, 0.2) is 97.1 Å². The summed E-state index contributed by atoms with van der Waals surface area (Å²) in [6.07, 6.45) is 0. The van der Waals surface area contributed by atoms with Gasteiger partial charge in [0.2, 0.25) is 0 Å². The quantitative estimate of drug-likeness (QED) is 0.190. The predicted molar refractivity (Wildman–Crippen MR) is 172 cm³/mol. The van der Waals surface area contributed by atoms with E-state index in [2.05, 4.69) is 9.97 Å². The Morgan fingerprint density at radius 3 is 0.857 bits per heavy atom. The summed E-state index contributed by atoms with van der Waals surface area (Å²) in [4.78, 5) is 36.8. The molecule has 0 spiro atoms. The van der Waals surface area contributed by atoms with Gasteiger partial charge < -0.3 is 9.97 Å². The van der Waals surface area contributed by atoms with Crippen LogP contribution in [0.4, 0.5) is 0 Å². The standard InChI is InChI=1S/C32H18N8.ClGeH3/c1-2-10-18-17(9-1)25-33-26(18)38-28-21-13-5-6-14-22(21)30(35-28)40-32-24-16-8-7-15-23(24)31(36-32)39-29-20-12-4-3-11-19(20)27(34-29)37-25;1-2/h1-16H,(H2,33,34,35,36,37,38,39,40);2H3. The molecule has 10 heteroatoms. The van der Waals surface area contributed by atoms with Crippen molar-refractivity contribution >= 4 is 69.7 Å². The molecule has 3 aromatic heterocycles. The second kappa shape index (κ2) is 9.86. The van der Waals surface area contributed by atoms with Crippen LogP contribution >= 0.6 is 10.0 Å². The minimum atomic E-state index is 0.535. The van der Waals surface area contributed by atoms with E-state index < -0.39 is 0 Å². The molecule has 8 nitrogen and oxygen atoms in total. The van der Waals surface area contributed by atoms with E-state index in [-0.39, 0.29) is 0 Å². The van der Waals surface area contributed by atoms with Gasteiger partial charge in [-0.1, -0.05) is 97.1 Å². The van der Waals surface area contributed by atoms with Crippen molar-refractivity contribution in [3.63, 3.8) is 0 Å². The molecule has 42 heavy (non-hydrogen) atoms. The van der Waals surface area contributed by atoms with Gasteiger partial charge >= 0.3 is 25.6 Å². The number of fused-ring (bicyclic) bond motifs is 20. The Morgan fingerprint density at radius 2 is 0.595 bits per heavy atom. The van der Waals surface area contributed by atoms with Crippen molar-refractivity contribution in [2.24, 2.45) is 0 Å². The number of halogens is 1. The van der Waals surface area contributed by atoms with Crippen LogP contribution in [-0.4, -0.2) is 55.5 Å². The molecular weight excluding hydrogens is 604 g/mol. The van der Waals surface area contributed by atoms with Crippen LogP contribution in [0.25, 0.3) is 89.7 Å². The molecule has 8 bridgehead atoms. The third-order valence-corrected chi connectivity index (χ3v) is 7.46. The van der Waals surface area contributed by atoms with E-state index in [9.17, 15) is 0 Å². The number of nitrogens with one attached hydrogen (secondary N) is 2. The summed E-state index contributed by atoms with van der Waals surface area (Å²) < 4.78 is 0. The number of benzene rings is 4. The second-order valence-corrected chi connectivity index (χ2v) is 9.79. The van der Waals surface area contributed by atoms with Crippen molar-refractivity contribution in [3.05, 3.63) is 97.1 Å². The first-order valence-corrected chi connectivity index (χ1v) is 18.9. The molecule has 2 N–H and O–H groups in total. The molecule has 7 aromatic rings. The van der Waals surface area contributed by atoms with E-state index in [0.717, 1.165) is 43.8 Å². The molecule has 4 aromatic carbocycles. The van der Waals surface area contributed by atoms with Gasteiger partial charge in [-0.25, -0.2) is 29.9 Å². The van der Waals surface area contributed by atoms with E-state index in [1.54, 1.807) is 0 Å². The van der Waals surface area contributed by atoms with Gasteiger partial charge in [-0.15, -0.1) is 0 Å². The van der Waals surface area contributed by atoms with Crippen molar-refractivity contribution in [2.45, 2.75) is 0 Å². The van der Waals surface area contributed by atoms with Crippen LogP contribution in [0, 0.1) is 0 Å². The van der Waals surface area contributed by atoms with E-state index >= 15 is 0 Å². The van der Waals surface area contributed by atoms with E-state index in [1.807, 2.05) is 97.1 Å². The Morgan fingerprint density at radius 1 is 0.357 bits per heavy atom. The van der Waals surface area contributed by atoms with Crippen LogP contribution in [-0.2, 0) is 0 Å². The van der Waals surface area contributed by atoms with Crippen molar-refractivity contribution in [2.75, 3.05) is 0 Å². The zero-order valence-corrected chi connectivity index (χ0v) is 27.3. The van der Waals surface area contributed by atoms with Gasteiger partial charge in [-0.2, -0.15) is 0 Å². The third-order valence-electron chi connectivity index (χ3n) is 7.46. The van der Waals surface area contributed by atoms with E-state index in [1.165, 1.54) is 0 Å².